The third-order valence-corrected chi connectivity index (χ3v) is 3.95. The van der Waals surface area contributed by atoms with Crippen LogP contribution in [-0.2, 0) is 4.74 Å². The first-order valence-corrected chi connectivity index (χ1v) is 6.85. The van der Waals surface area contributed by atoms with Gasteiger partial charge in [0.2, 0.25) is 0 Å². The molecule has 0 aliphatic carbocycles. The first kappa shape index (κ1) is 15.3. The molecular formula is C14H28N2O2. The number of rotatable bonds is 2. The Kier molecular flexibility index (Phi) is 4.65. The lowest BCUT2D eigenvalue weighted by Crippen LogP contribution is -2.54. The van der Waals surface area contributed by atoms with Gasteiger partial charge in [-0.25, -0.2) is 4.79 Å². The van der Waals surface area contributed by atoms with Gasteiger partial charge in [-0.3, -0.25) is 0 Å². The second-order valence-electron chi connectivity index (χ2n) is 6.44. The molecule has 1 saturated heterocycles. The molecule has 0 unspecified atom stereocenters. The lowest BCUT2D eigenvalue weighted by Gasteiger charge is -2.45. The zero-order valence-electron chi connectivity index (χ0n) is 12.7. The molecule has 0 N–H and O–H groups in total. The number of piperidine rings is 1. The molecule has 1 heterocycles. The summed E-state index contributed by atoms with van der Waals surface area (Å²) in [6.07, 6.45) is 3.00. The average Bonchev–Trinajstić information content (AvgIpc) is 2.26. The molecule has 0 aromatic rings. The van der Waals surface area contributed by atoms with Crippen LogP contribution in [0.2, 0.25) is 0 Å². The van der Waals surface area contributed by atoms with Gasteiger partial charge in [0, 0.05) is 18.6 Å². The van der Waals surface area contributed by atoms with E-state index in [1.54, 1.807) is 0 Å². The minimum absolute atomic E-state index is 0.175. The van der Waals surface area contributed by atoms with E-state index in [0.717, 1.165) is 32.4 Å². The summed E-state index contributed by atoms with van der Waals surface area (Å²) in [6, 6.07) is 0. The highest BCUT2D eigenvalue weighted by molar-refractivity contribution is 5.68. The Morgan fingerprint density at radius 1 is 1.28 bits per heavy atom. The van der Waals surface area contributed by atoms with E-state index in [2.05, 4.69) is 25.9 Å². The van der Waals surface area contributed by atoms with Crippen molar-refractivity contribution >= 4 is 6.09 Å². The van der Waals surface area contributed by atoms with Crippen LogP contribution >= 0.6 is 0 Å². The Hall–Kier alpha value is -0.770. The monoisotopic (exact) mass is 256 g/mol. The first-order valence-electron chi connectivity index (χ1n) is 6.85. The van der Waals surface area contributed by atoms with Crippen molar-refractivity contribution < 1.29 is 9.53 Å². The maximum Gasteiger partial charge on any atom is 0.410 e. The molecule has 0 radical (unpaired) electrons. The molecule has 0 bridgehead atoms. The number of likely N-dealkylation sites (tertiary alicyclic amines) is 1. The Balaban J connectivity index is 2.56. The van der Waals surface area contributed by atoms with E-state index in [1.807, 2.05) is 25.7 Å². The van der Waals surface area contributed by atoms with Crippen molar-refractivity contribution in [3.63, 3.8) is 0 Å². The fraction of sp³-hybridized carbons (Fsp3) is 0.929. The molecule has 106 valence electrons. The number of ether oxygens (including phenoxy) is 1. The van der Waals surface area contributed by atoms with Crippen molar-refractivity contribution in [2.45, 2.75) is 58.1 Å². The fourth-order valence-electron chi connectivity index (χ4n) is 2.55. The van der Waals surface area contributed by atoms with Gasteiger partial charge in [-0.15, -0.1) is 0 Å². The molecule has 1 amide bonds. The summed E-state index contributed by atoms with van der Waals surface area (Å²) in [7, 11) is 4.26. The number of carbonyl (C=O) groups excluding carboxylic acids is 1. The fourth-order valence-corrected chi connectivity index (χ4v) is 2.55. The predicted octanol–water partition coefficient (Wildman–Crippen LogP) is 2.73. The predicted molar refractivity (Wildman–Crippen MR) is 73.8 cm³/mol. The maximum absolute atomic E-state index is 12.0. The molecule has 1 aliphatic heterocycles. The second kappa shape index (κ2) is 5.47. The summed E-state index contributed by atoms with van der Waals surface area (Å²) in [5.41, 5.74) is -0.156. The van der Waals surface area contributed by atoms with E-state index in [9.17, 15) is 4.79 Å². The van der Waals surface area contributed by atoms with Crippen molar-refractivity contribution in [3.05, 3.63) is 0 Å². The van der Waals surface area contributed by atoms with Crippen molar-refractivity contribution in [1.29, 1.82) is 0 Å². The highest BCUT2D eigenvalue weighted by Crippen LogP contribution is 2.30. The number of amides is 1. The highest BCUT2D eigenvalue weighted by atomic mass is 16.6. The van der Waals surface area contributed by atoms with Gasteiger partial charge < -0.3 is 14.5 Å². The normalized spacial score (nSPS) is 20.1. The molecule has 1 rings (SSSR count). The quantitative estimate of drug-likeness (QED) is 0.761. The van der Waals surface area contributed by atoms with Crippen LogP contribution in [-0.4, -0.2) is 54.2 Å². The van der Waals surface area contributed by atoms with Crippen molar-refractivity contribution in [2.24, 2.45) is 0 Å². The molecule has 0 atom stereocenters. The minimum atomic E-state index is -0.405. The second-order valence-corrected chi connectivity index (χ2v) is 6.44. The van der Waals surface area contributed by atoms with Crippen molar-refractivity contribution in [2.75, 3.05) is 27.2 Å². The molecule has 1 fully saturated rings. The number of hydrogen-bond donors (Lipinski definition) is 0. The smallest absolute Gasteiger partial charge is 0.410 e. The topological polar surface area (TPSA) is 32.8 Å². The van der Waals surface area contributed by atoms with E-state index >= 15 is 0 Å². The molecule has 4 nitrogen and oxygen atoms in total. The Bertz CT molecular complexity index is 287. The molecule has 0 aromatic carbocycles. The van der Waals surface area contributed by atoms with Crippen LogP contribution in [0.25, 0.3) is 0 Å². The van der Waals surface area contributed by atoms with E-state index in [4.69, 9.17) is 4.74 Å². The van der Waals surface area contributed by atoms with Gasteiger partial charge in [-0.05, 0) is 54.1 Å². The van der Waals surface area contributed by atoms with E-state index in [0.29, 0.717) is 0 Å². The molecule has 0 saturated carbocycles. The van der Waals surface area contributed by atoms with Crippen LogP contribution in [0.1, 0.15) is 47.0 Å². The summed E-state index contributed by atoms with van der Waals surface area (Å²) < 4.78 is 5.41. The van der Waals surface area contributed by atoms with Crippen LogP contribution < -0.4 is 0 Å². The van der Waals surface area contributed by atoms with Gasteiger partial charge in [0.1, 0.15) is 5.60 Å². The zero-order chi connectivity index (χ0) is 14.0. The molecule has 1 aliphatic rings. The van der Waals surface area contributed by atoms with Crippen LogP contribution in [0.3, 0.4) is 0 Å². The van der Waals surface area contributed by atoms with Crippen LogP contribution in [0.5, 0.6) is 0 Å². The number of carbonyl (C=O) groups is 1. The third-order valence-electron chi connectivity index (χ3n) is 3.95. The maximum atomic E-state index is 12.0. The lowest BCUT2D eigenvalue weighted by atomic mass is 9.84. The number of hydrogen-bond acceptors (Lipinski definition) is 3. The van der Waals surface area contributed by atoms with Crippen LogP contribution in [0.4, 0.5) is 4.79 Å². The average molecular weight is 256 g/mol. The molecular weight excluding hydrogens is 228 g/mol. The summed E-state index contributed by atoms with van der Waals surface area (Å²) in [5.74, 6) is 0. The van der Waals surface area contributed by atoms with E-state index < -0.39 is 5.60 Å². The summed E-state index contributed by atoms with van der Waals surface area (Å²) in [5, 5.41) is 0. The van der Waals surface area contributed by atoms with Gasteiger partial charge in [-0.2, -0.15) is 0 Å². The standard InChI is InChI=1S/C14H28N2O2/c1-7-14(15(5)6)8-10-16(11-9-14)12(17)18-13(2,3)4/h7-11H2,1-6H3. The molecule has 4 heteroatoms. The van der Waals surface area contributed by atoms with E-state index in [-0.39, 0.29) is 11.6 Å². The molecule has 0 spiro atoms. The van der Waals surface area contributed by atoms with Gasteiger partial charge >= 0.3 is 6.09 Å². The third kappa shape index (κ3) is 3.61. The molecule has 0 aromatic heterocycles. The lowest BCUT2D eigenvalue weighted by molar-refractivity contribution is 0.00244. The Morgan fingerprint density at radius 2 is 1.78 bits per heavy atom. The zero-order valence-corrected chi connectivity index (χ0v) is 12.7. The molecule has 18 heavy (non-hydrogen) atoms. The van der Waals surface area contributed by atoms with Crippen molar-refractivity contribution in [1.82, 2.24) is 9.80 Å². The largest absolute Gasteiger partial charge is 0.444 e. The van der Waals surface area contributed by atoms with Crippen molar-refractivity contribution in [3.8, 4) is 0 Å². The van der Waals surface area contributed by atoms with Gasteiger partial charge in [0.15, 0.2) is 0 Å². The van der Waals surface area contributed by atoms with Gasteiger partial charge in [0.25, 0.3) is 0 Å². The minimum Gasteiger partial charge on any atom is -0.444 e. The highest BCUT2D eigenvalue weighted by Gasteiger charge is 2.37. The Labute approximate surface area is 111 Å². The van der Waals surface area contributed by atoms with Crippen LogP contribution in [0.15, 0.2) is 0 Å². The SMILES string of the molecule is CCC1(N(C)C)CCN(C(=O)OC(C)(C)C)CC1. The number of nitrogens with zero attached hydrogens (tertiary/aromatic N) is 2. The first-order chi connectivity index (χ1) is 8.20. The van der Waals surface area contributed by atoms with Gasteiger partial charge in [-0.1, -0.05) is 6.92 Å². The summed E-state index contributed by atoms with van der Waals surface area (Å²) >= 11 is 0. The summed E-state index contributed by atoms with van der Waals surface area (Å²) in [6.45, 7) is 9.53. The van der Waals surface area contributed by atoms with Gasteiger partial charge in [0.05, 0.1) is 0 Å². The Morgan fingerprint density at radius 3 is 2.11 bits per heavy atom. The van der Waals surface area contributed by atoms with Crippen LogP contribution in [0, 0.1) is 0 Å². The van der Waals surface area contributed by atoms with E-state index in [1.165, 1.54) is 0 Å². The summed E-state index contributed by atoms with van der Waals surface area (Å²) in [4.78, 5) is 16.1.